The van der Waals surface area contributed by atoms with Crippen LogP contribution in [0.3, 0.4) is 0 Å². The molecule has 1 N–H and O–H groups in total. The number of imide groups is 2. The maximum absolute atomic E-state index is 12.7. The van der Waals surface area contributed by atoms with E-state index in [1.807, 2.05) is 0 Å². The number of nitrogens with one attached hydrogen (secondary N) is 1. The highest BCUT2D eigenvalue weighted by Gasteiger charge is 2.36. The molecular weight excluding hydrogens is 404 g/mol. The lowest BCUT2D eigenvalue weighted by molar-refractivity contribution is -0.130. The van der Waals surface area contributed by atoms with Crippen molar-refractivity contribution >= 4 is 29.9 Å². The summed E-state index contributed by atoms with van der Waals surface area (Å²) in [6, 6.07) is 12.2. The van der Waals surface area contributed by atoms with E-state index < -0.39 is 23.8 Å². The number of esters is 1. The van der Waals surface area contributed by atoms with Crippen LogP contribution in [0.25, 0.3) is 17.4 Å². The molecule has 0 bridgehead atoms. The molecule has 0 spiro atoms. The van der Waals surface area contributed by atoms with E-state index in [4.69, 9.17) is 8.83 Å². The van der Waals surface area contributed by atoms with Crippen molar-refractivity contribution in [3.8, 4) is 11.3 Å². The Kier molecular flexibility index (Phi) is 5.23. The topological polar surface area (TPSA) is 119 Å². The summed E-state index contributed by atoms with van der Waals surface area (Å²) in [5.41, 5.74) is 0.838. The van der Waals surface area contributed by atoms with Crippen molar-refractivity contribution < 1.29 is 32.7 Å². The summed E-state index contributed by atoms with van der Waals surface area (Å²) in [5.74, 6) is -0.912. The first-order chi connectivity index (χ1) is 15.0. The quantitative estimate of drug-likeness (QED) is 0.383. The number of furan rings is 2. The van der Waals surface area contributed by atoms with Gasteiger partial charge in [-0.05, 0) is 42.5 Å². The Balaban J connectivity index is 1.57. The molecule has 3 heterocycles. The molecule has 9 heteroatoms. The minimum atomic E-state index is -0.825. The molecule has 0 aliphatic carbocycles. The molecule has 0 atom stereocenters. The zero-order chi connectivity index (χ0) is 22.0. The number of amides is 4. The highest BCUT2D eigenvalue weighted by Crippen LogP contribution is 2.25. The van der Waals surface area contributed by atoms with Gasteiger partial charge in [0.25, 0.3) is 11.8 Å². The number of hydrogen-bond acceptors (Lipinski definition) is 7. The Morgan fingerprint density at radius 2 is 1.87 bits per heavy atom. The standard InChI is InChI=1S/C22H16N2O7/c1-29-21(27)14-6-4-13(5-7-14)18-9-8-15(31-18)11-17-19(25)23-22(28)24(20(17)26)12-16-3-2-10-30-16/h2-11H,12H2,1H3,(H,23,25,28). The average Bonchev–Trinajstić information content (AvgIpc) is 3.46. The van der Waals surface area contributed by atoms with Gasteiger partial charge in [0.05, 0.1) is 25.5 Å². The SMILES string of the molecule is COC(=O)c1ccc(-c2ccc(C=C3C(=O)NC(=O)N(Cc4ccco4)C3=O)o2)cc1. The maximum Gasteiger partial charge on any atom is 0.337 e. The largest absolute Gasteiger partial charge is 0.467 e. The summed E-state index contributed by atoms with van der Waals surface area (Å²) in [4.78, 5) is 49.4. The molecule has 31 heavy (non-hydrogen) atoms. The van der Waals surface area contributed by atoms with Crippen LogP contribution in [0.4, 0.5) is 4.79 Å². The Bertz CT molecular complexity index is 1190. The minimum Gasteiger partial charge on any atom is -0.467 e. The number of methoxy groups -OCH3 is 1. The van der Waals surface area contributed by atoms with Gasteiger partial charge in [-0.25, -0.2) is 9.59 Å². The van der Waals surface area contributed by atoms with Crippen LogP contribution < -0.4 is 5.32 Å². The molecule has 1 aliphatic heterocycles. The van der Waals surface area contributed by atoms with Crippen molar-refractivity contribution in [3.63, 3.8) is 0 Å². The summed E-state index contributed by atoms with van der Waals surface area (Å²) >= 11 is 0. The molecule has 3 aromatic rings. The fraction of sp³-hybridized carbons (Fsp3) is 0.0909. The van der Waals surface area contributed by atoms with Crippen molar-refractivity contribution in [2.24, 2.45) is 0 Å². The van der Waals surface area contributed by atoms with Crippen LogP contribution in [0.5, 0.6) is 0 Å². The number of nitrogens with zero attached hydrogens (tertiary/aromatic N) is 1. The monoisotopic (exact) mass is 420 g/mol. The summed E-state index contributed by atoms with van der Waals surface area (Å²) < 4.78 is 15.6. The summed E-state index contributed by atoms with van der Waals surface area (Å²) in [6.45, 7) is -0.113. The molecule has 1 aliphatic rings. The Hall–Kier alpha value is -4.40. The van der Waals surface area contributed by atoms with Gasteiger partial charge in [0.15, 0.2) is 0 Å². The third-order valence-electron chi connectivity index (χ3n) is 4.58. The first kappa shape index (κ1) is 19.9. The highest BCUT2D eigenvalue weighted by atomic mass is 16.5. The Labute approximate surface area is 175 Å². The van der Waals surface area contributed by atoms with Crippen molar-refractivity contribution in [2.45, 2.75) is 6.54 Å². The van der Waals surface area contributed by atoms with Crippen LogP contribution in [0.15, 0.2) is 69.2 Å². The fourth-order valence-electron chi connectivity index (χ4n) is 3.01. The van der Waals surface area contributed by atoms with E-state index in [2.05, 4.69) is 10.1 Å². The third kappa shape index (κ3) is 4.01. The number of hydrogen-bond donors (Lipinski definition) is 1. The van der Waals surface area contributed by atoms with E-state index >= 15 is 0 Å². The van der Waals surface area contributed by atoms with Crippen molar-refractivity contribution in [3.05, 3.63) is 77.5 Å². The van der Waals surface area contributed by atoms with Crippen LogP contribution in [0.1, 0.15) is 21.9 Å². The molecule has 9 nitrogen and oxygen atoms in total. The zero-order valence-corrected chi connectivity index (χ0v) is 16.3. The van der Waals surface area contributed by atoms with Gasteiger partial charge in [-0.2, -0.15) is 0 Å². The number of urea groups is 1. The van der Waals surface area contributed by atoms with Gasteiger partial charge in [0.2, 0.25) is 0 Å². The van der Waals surface area contributed by atoms with Crippen molar-refractivity contribution in [1.82, 2.24) is 10.2 Å². The second-order valence-corrected chi connectivity index (χ2v) is 6.56. The molecule has 2 aromatic heterocycles. The lowest BCUT2D eigenvalue weighted by atomic mass is 10.1. The van der Waals surface area contributed by atoms with E-state index in [0.29, 0.717) is 22.6 Å². The molecule has 0 radical (unpaired) electrons. The predicted molar refractivity (Wildman–Crippen MR) is 106 cm³/mol. The molecular formula is C22H16N2O7. The van der Waals surface area contributed by atoms with E-state index in [-0.39, 0.29) is 17.9 Å². The van der Waals surface area contributed by atoms with E-state index in [0.717, 1.165) is 4.90 Å². The van der Waals surface area contributed by atoms with Gasteiger partial charge in [-0.1, -0.05) is 12.1 Å². The highest BCUT2D eigenvalue weighted by molar-refractivity contribution is 6.30. The Morgan fingerprint density at radius 1 is 1.10 bits per heavy atom. The van der Waals surface area contributed by atoms with Crippen molar-refractivity contribution in [2.75, 3.05) is 7.11 Å². The van der Waals surface area contributed by atoms with E-state index in [1.165, 1.54) is 19.4 Å². The minimum absolute atomic E-state index is 0.113. The summed E-state index contributed by atoms with van der Waals surface area (Å²) in [7, 11) is 1.30. The average molecular weight is 420 g/mol. The van der Waals surface area contributed by atoms with E-state index in [9.17, 15) is 19.2 Å². The van der Waals surface area contributed by atoms with Crippen molar-refractivity contribution in [1.29, 1.82) is 0 Å². The molecule has 4 rings (SSSR count). The number of rotatable bonds is 5. The molecule has 0 unspecified atom stereocenters. The van der Waals surface area contributed by atoms with E-state index in [1.54, 1.807) is 48.5 Å². The van der Waals surface area contributed by atoms with Crippen LogP contribution >= 0.6 is 0 Å². The molecule has 1 fully saturated rings. The normalized spacial score (nSPS) is 15.3. The number of benzene rings is 1. The van der Waals surface area contributed by atoms with Gasteiger partial charge >= 0.3 is 12.0 Å². The Morgan fingerprint density at radius 3 is 2.55 bits per heavy atom. The predicted octanol–water partition coefficient (Wildman–Crippen LogP) is 2.99. The molecule has 1 saturated heterocycles. The van der Waals surface area contributed by atoms with Gasteiger partial charge in [-0.15, -0.1) is 0 Å². The lowest BCUT2D eigenvalue weighted by Crippen LogP contribution is -2.53. The smallest absolute Gasteiger partial charge is 0.337 e. The molecule has 4 amide bonds. The first-order valence-corrected chi connectivity index (χ1v) is 9.16. The van der Waals surface area contributed by atoms with Gasteiger partial charge in [-0.3, -0.25) is 19.8 Å². The van der Waals surface area contributed by atoms with Crippen LogP contribution in [-0.4, -0.2) is 35.8 Å². The fourth-order valence-corrected chi connectivity index (χ4v) is 3.01. The van der Waals surface area contributed by atoms with Crippen LogP contribution in [-0.2, 0) is 20.9 Å². The number of ether oxygens (including phenoxy) is 1. The number of carbonyl (C=O) groups excluding carboxylic acids is 4. The second-order valence-electron chi connectivity index (χ2n) is 6.56. The summed E-state index contributed by atoms with van der Waals surface area (Å²) in [6.07, 6.45) is 2.69. The molecule has 156 valence electrons. The van der Waals surface area contributed by atoms with Crippen LogP contribution in [0, 0.1) is 0 Å². The molecule has 0 saturated carbocycles. The second kappa shape index (κ2) is 8.15. The lowest BCUT2D eigenvalue weighted by Gasteiger charge is -2.25. The number of barbiturate groups is 1. The third-order valence-corrected chi connectivity index (χ3v) is 4.58. The number of carbonyl (C=O) groups is 4. The first-order valence-electron chi connectivity index (χ1n) is 9.16. The van der Waals surface area contributed by atoms with Gasteiger partial charge in [0.1, 0.15) is 22.9 Å². The van der Waals surface area contributed by atoms with Gasteiger partial charge in [0, 0.05) is 5.56 Å². The maximum atomic E-state index is 12.7. The molecule has 1 aromatic carbocycles. The van der Waals surface area contributed by atoms with Crippen LogP contribution in [0.2, 0.25) is 0 Å². The van der Waals surface area contributed by atoms with Gasteiger partial charge < -0.3 is 13.6 Å². The summed E-state index contributed by atoms with van der Waals surface area (Å²) in [5, 5.41) is 2.14. The zero-order valence-electron chi connectivity index (χ0n) is 16.3.